The first-order valence-electron chi connectivity index (χ1n) is 8.74. The number of allylic oxidation sites excluding steroid dienone is 1. The number of hydrogen-bond acceptors (Lipinski definition) is 7. The van der Waals surface area contributed by atoms with Crippen LogP contribution in [0.25, 0.3) is 0 Å². The fourth-order valence-electron chi connectivity index (χ4n) is 2.31. The molecule has 156 valence electrons. The summed E-state index contributed by atoms with van der Waals surface area (Å²) < 4.78 is 20.9. The second kappa shape index (κ2) is 10.6. The van der Waals surface area contributed by atoms with Crippen LogP contribution >= 0.6 is 23.1 Å². The van der Waals surface area contributed by atoms with Gasteiger partial charge in [-0.15, -0.1) is 28.1 Å². The minimum absolute atomic E-state index is 0.00536. The summed E-state index contributed by atoms with van der Waals surface area (Å²) in [6.45, 7) is 4.10. The largest absolute Gasteiger partial charge is 0.483 e. The van der Waals surface area contributed by atoms with Gasteiger partial charge in [-0.1, -0.05) is 36.0 Å². The van der Waals surface area contributed by atoms with Gasteiger partial charge >= 0.3 is 0 Å². The van der Waals surface area contributed by atoms with E-state index in [0.29, 0.717) is 22.4 Å². The van der Waals surface area contributed by atoms with Crippen molar-refractivity contribution < 1.29 is 18.7 Å². The van der Waals surface area contributed by atoms with Gasteiger partial charge < -0.3 is 4.74 Å². The normalized spacial score (nSPS) is 10.4. The molecule has 2 amide bonds. The SMILES string of the molecule is C=CCn1c(COc2ccccc2F)nnc1SCC(=O)NNC(=O)c1cccs1. The first kappa shape index (κ1) is 21.5. The van der Waals surface area contributed by atoms with Gasteiger partial charge in [0.25, 0.3) is 5.91 Å². The lowest BCUT2D eigenvalue weighted by molar-refractivity contribution is -0.119. The van der Waals surface area contributed by atoms with E-state index in [4.69, 9.17) is 4.74 Å². The number of aromatic nitrogens is 3. The number of hydrogen-bond donors (Lipinski definition) is 2. The number of halogens is 1. The van der Waals surface area contributed by atoms with Crippen LogP contribution in [-0.4, -0.2) is 32.3 Å². The predicted octanol–water partition coefficient (Wildman–Crippen LogP) is 2.80. The second-order valence-electron chi connectivity index (χ2n) is 5.79. The Bertz CT molecular complexity index is 1020. The molecule has 0 saturated carbocycles. The number of carbonyl (C=O) groups excluding carboxylic acids is 2. The van der Waals surface area contributed by atoms with E-state index in [1.807, 2.05) is 0 Å². The van der Waals surface area contributed by atoms with E-state index in [0.717, 1.165) is 11.8 Å². The molecular formula is C19H18FN5O3S2. The lowest BCUT2D eigenvalue weighted by Crippen LogP contribution is -2.42. The van der Waals surface area contributed by atoms with Crippen LogP contribution in [0.5, 0.6) is 5.75 Å². The number of benzene rings is 1. The highest BCUT2D eigenvalue weighted by Gasteiger charge is 2.15. The number of nitrogens with one attached hydrogen (secondary N) is 2. The maximum atomic E-state index is 13.7. The molecule has 0 aliphatic carbocycles. The number of thioether (sulfide) groups is 1. The molecule has 2 heterocycles. The molecular weight excluding hydrogens is 429 g/mol. The van der Waals surface area contributed by atoms with Gasteiger partial charge in [0.2, 0.25) is 5.91 Å². The quantitative estimate of drug-likeness (QED) is 0.297. The Morgan fingerprint density at radius 3 is 2.80 bits per heavy atom. The van der Waals surface area contributed by atoms with Gasteiger partial charge in [0.15, 0.2) is 22.5 Å². The van der Waals surface area contributed by atoms with E-state index in [1.54, 1.807) is 40.3 Å². The summed E-state index contributed by atoms with van der Waals surface area (Å²) in [6, 6.07) is 9.48. The first-order valence-corrected chi connectivity index (χ1v) is 10.6. The van der Waals surface area contributed by atoms with Crippen molar-refractivity contribution in [2.45, 2.75) is 18.3 Å². The second-order valence-corrected chi connectivity index (χ2v) is 7.68. The third kappa shape index (κ3) is 5.67. The molecule has 0 bridgehead atoms. The smallest absolute Gasteiger partial charge is 0.279 e. The summed E-state index contributed by atoms with van der Waals surface area (Å²) in [5, 5.41) is 10.4. The van der Waals surface area contributed by atoms with Crippen LogP contribution in [0.4, 0.5) is 4.39 Å². The highest BCUT2D eigenvalue weighted by molar-refractivity contribution is 7.99. The van der Waals surface area contributed by atoms with Crippen molar-refractivity contribution in [1.82, 2.24) is 25.6 Å². The van der Waals surface area contributed by atoms with Crippen LogP contribution < -0.4 is 15.6 Å². The Kier molecular flexibility index (Phi) is 7.57. The number of carbonyl (C=O) groups is 2. The summed E-state index contributed by atoms with van der Waals surface area (Å²) >= 11 is 2.41. The zero-order valence-electron chi connectivity index (χ0n) is 15.7. The lowest BCUT2D eigenvalue weighted by atomic mass is 10.3. The minimum Gasteiger partial charge on any atom is -0.483 e. The zero-order chi connectivity index (χ0) is 21.3. The Balaban J connectivity index is 1.55. The molecule has 2 N–H and O–H groups in total. The Morgan fingerprint density at radius 1 is 1.23 bits per heavy atom. The van der Waals surface area contributed by atoms with E-state index >= 15 is 0 Å². The van der Waals surface area contributed by atoms with Crippen molar-refractivity contribution in [2.75, 3.05) is 5.75 Å². The molecule has 0 radical (unpaired) electrons. The van der Waals surface area contributed by atoms with E-state index in [2.05, 4.69) is 27.6 Å². The number of hydrazine groups is 1. The van der Waals surface area contributed by atoms with Gasteiger partial charge in [0.05, 0.1) is 10.6 Å². The molecule has 8 nitrogen and oxygen atoms in total. The van der Waals surface area contributed by atoms with Gasteiger partial charge in [-0.05, 0) is 23.6 Å². The number of rotatable bonds is 9. The van der Waals surface area contributed by atoms with Gasteiger partial charge in [-0.25, -0.2) is 4.39 Å². The highest BCUT2D eigenvalue weighted by Crippen LogP contribution is 2.20. The molecule has 3 rings (SSSR count). The van der Waals surface area contributed by atoms with E-state index in [1.165, 1.54) is 23.5 Å². The van der Waals surface area contributed by atoms with Crippen LogP contribution in [0.3, 0.4) is 0 Å². The van der Waals surface area contributed by atoms with Crippen LogP contribution in [0.1, 0.15) is 15.5 Å². The fourth-order valence-corrected chi connectivity index (χ4v) is 3.70. The van der Waals surface area contributed by atoms with Crippen molar-refractivity contribution in [3.8, 4) is 5.75 Å². The van der Waals surface area contributed by atoms with Crippen molar-refractivity contribution in [1.29, 1.82) is 0 Å². The molecule has 11 heteroatoms. The van der Waals surface area contributed by atoms with Crippen LogP contribution in [-0.2, 0) is 17.9 Å². The molecule has 0 unspecified atom stereocenters. The number of thiophene rings is 1. The molecule has 1 aromatic carbocycles. The third-order valence-electron chi connectivity index (χ3n) is 3.69. The van der Waals surface area contributed by atoms with Crippen molar-refractivity contribution in [2.24, 2.45) is 0 Å². The summed E-state index contributed by atoms with van der Waals surface area (Å²) in [7, 11) is 0. The van der Waals surface area contributed by atoms with E-state index in [-0.39, 0.29) is 24.0 Å². The molecule has 0 spiro atoms. The van der Waals surface area contributed by atoms with Crippen molar-refractivity contribution >= 4 is 34.9 Å². The molecule has 2 aromatic heterocycles. The fraction of sp³-hybridized carbons (Fsp3) is 0.158. The topological polar surface area (TPSA) is 98.1 Å². The minimum atomic E-state index is -0.469. The van der Waals surface area contributed by atoms with Gasteiger partial charge in [0, 0.05) is 6.54 Å². The average Bonchev–Trinajstić information content (AvgIpc) is 3.41. The predicted molar refractivity (Wildman–Crippen MR) is 112 cm³/mol. The van der Waals surface area contributed by atoms with Gasteiger partial charge in [-0.2, -0.15) is 0 Å². The number of para-hydroxylation sites is 1. The summed E-state index contributed by atoms with van der Waals surface area (Å²) in [5.41, 5.74) is 4.71. The van der Waals surface area contributed by atoms with Gasteiger partial charge in [-0.3, -0.25) is 25.0 Å². The average molecular weight is 448 g/mol. The molecule has 0 saturated heterocycles. The van der Waals surface area contributed by atoms with E-state index < -0.39 is 11.7 Å². The Labute approximate surface area is 180 Å². The van der Waals surface area contributed by atoms with Gasteiger partial charge in [0.1, 0.15) is 6.61 Å². The number of amides is 2. The number of ether oxygens (including phenoxy) is 1. The molecule has 3 aromatic rings. The Hall–Kier alpha value is -3.18. The molecule has 0 fully saturated rings. The standard InChI is InChI=1S/C19H18FN5O3S2/c1-2-9-25-16(11-28-14-7-4-3-6-13(14)20)21-24-19(25)30-12-17(26)22-23-18(27)15-8-5-10-29-15/h2-8,10H,1,9,11-12H2,(H,22,26)(H,23,27). The summed E-state index contributed by atoms with van der Waals surface area (Å²) in [5.74, 6) is -0.669. The number of nitrogens with zero attached hydrogens (tertiary/aromatic N) is 3. The molecule has 0 aliphatic rings. The lowest BCUT2D eigenvalue weighted by Gasteiger charge is -2.10. The van der Waals surface area contributed by atoms with Crippen LogP contribution in [0.2, 0.25) is 0 Å². The van der Waals surface area contributed by atoms with Crippen LogP contribution in [0.15, 0.2) is 59.6 Å². The summed E-state index contributed by atoms with van der Waals surface area (Å²) in [4.78, 5) is 24.4. The maximum absolute atomic E-state index is 13.7. The maximum Gasteiger partial charge on any atom is 0.279 e. The monoisotopic (exact) mass is 447 g/mol. The first-order chi connectivity index (χ1) is 14.6. The molecule has 0 aliphatic heterocycles. The zero-order valence-corrected chi connectivity index (χ0v) is 17.3. The highest BCUT2D eigenvalue weighted by atomic mass is 32.2. The molecule has 30 heavy (non-hydrogen) atoms. The molecule has 0 atom stereocenters. The summed E-state index contributed by atoms with van der Waals surface area (Å²) in [6.07, 6.45) is 1.65. The van der Waals surface area contributed by atoms with Crippen molar-refractivity contribution in [3.63, 3.8) is 0 Å². The third-order valence-corrected chi connectivity index (χ3v) is 5.53. The Morgan fingerprint density at radius 2 is 2.07 bits per heavy atom. The van der Waals surface area contributed by atoms with Crippen LogP contribution in [0, 0.1) is 5.82 Å². The van der Waals surface area contributed by atoms with Crippen molar-refractivity contribution in [3.05, 3.63) is 71.0 Å². The van der Waals surface area contributed by atoms with E-state index in [9.17, 15) is 14.0 Å².